The Morgan fingerprint density at radius 2 is 2.08 bits per heavy atom. The van der Waals surface area contributed by atoms with E-state index >= 15 is 0 Å². The van der Waals surface area contributed by atoms with Crippen LogP contribution in [0.3, 0.4) is 0 Å². The van der Waals surface area contributed by atoms with Crippen LogP contribution in [0.2, 0.25) is 0 Å². The Bertz CT molecular complexity index is 749. The second-order valence-electron chi connectivity index (χ2n) is 6.90. The van der Waals surface area contributed by atoms with E-state index in [4.69, 9.17) is 0 Å². The number of aromatic nitrogens is 2. The molecule has 134 valence electrons. The lowest BCUT2D eigenvalue weighted by molar-refractivity contribution is -0.131. The highest BCUT2D eigenvalue weighted by molar-refractivity contribution is 5.79. The number of hydrogen-bond donors (Lipinski definition) is 1. The van der Waals surface area contributed by atoms with Crippen LogP contribution in [0.5, 0.6) is 5.75 Å². The van der Waals surface area contributed by atoms with Gasteiger partial charge in [0.1, 0.15) is 5.82 Å². The Labute approximate surface area is 147 Å². The van der Waals surface area contributed by atoms with Crippen LogP contribution in [0.25, 0.3) is 0 Å². The van der Waals surface area contributed by atoms with Gasteiger partial charge in [0.25, 0.3) is 0 Å². The maximum Gasteiger partial charge on any atom is 0.226 e. The van der Waals surface area contributed by atoms with Crippen molar-refractivity contribution < 1.29 is 14.3 Å². The molecule has 0 unspecified atom stereocenters. The van der Waals surface area contributed by atoms with E-state index in [1.807, 2.05) is 17.3 Å². The van der Waals surface area contributed by atoms with Crippen LogP contribution in [0.1, 0.15) is 50.0 Å². The van der Waals surface area contributed by atoms with Crippen LogP contribution >= 0.6 is 0 Å². The Morgan fingerprint density at radius 3 is 2.72 bits per heavy atom. The number of benzene rings is 1. The topological polar surface area (TPSA) is 58.4 Å². The van der Waals surface area contributed by atoms with E-state index in [-0.39, 0.29) is 12.3 Å². The molecule has 3 rings (SSSR count). The first-order chi connectivity index (χ1) is 12.0. The number of phenolic OH excluding ortho intramolecular Hbond substituents is 1. The molecule has 2 aromatic rings. The molecule has 1 aromatic heterocycles. The van der Waals surface area contributed by atoms with E-state index in [1.54, 1.807) is 6.07 Å². The molecule has 1 aliphatic heterocycles. The molecule has 1 saturated heterocycles. The molecule has 1 N–H and O–H groups in total. The Balaban J connectivity index is 1.59. The Morgan fingerprint density at radius 1 is 1.36 bits per heavy atom. The number of amides is 1. The van der Waals surface area contributed by atoms with E-state index < -0.39 is 11.6 Å². The largest absolute Gasteiger partial charge is 0.505 e. The molecule has 1 amide bonds. The van der Waals surface area contributed by atoms with Gasteiger partial charge >= 0.3 is 0 Å². The van der Waals surface area contributed by atoms with Gasteiger partial charge in [0, 0.05) is 37.4 Å². The summed E-state index contributed by atoms with van der Waals surface area (Å²) in [6, 6.07) is 4.47. The van der Waals surface area contributed by atoms with Crippen molar-refractivity contribution in [2.75, 3.05) is 13.1 Å². The maximum atomic E-state index is 13.4. The fourth-order valence-electron chi connectivity index (χ4n) is 3.41. The second kappa shape index (κ2) is 7.25. The zero-order chi connectivity index (χ0) is 18.0. The van der Waals surface area contributed by atoms with Crippen molar-refractivity contribution in [2.24, 2.45) is 0 Å². The molecule has 0 atom stereocenters. The molecule has 0 spiro atoms. The molecule has 0 saturated carbocycles. The average Bonchev–Trinajstić information content (AvgIpc) is 3.08. The van der Waals surface area contributed by atoms with E-state index in [9.17, 15) is 14.3 Å². The van der Waals surface area contributed by atoms with Gasteiger partial charge in [-0.05, 0) is 44.4 Å². The monoisotopic (exact) mass is 345 g/mol. The van der Waals surface area contributed by atoms with Crippen molar-refractivity contribution in [3.05, 3.63) is 47.8 Å². The lowest BCUT2D eigenvalue weighted by Gasteiger charge is -2.32. The normalized spacial score (nSPS) is 15.8. The lowest BCUT2D eigenvalue weighted by atomic mass is 9.95. The molecule has 0 radical (unpaired) electrons. The third kappa shape index (κ3) is 3.83. The van der Waals surface area contributed by atoms with Crippen LogP contribution in [0.4, 0.5) is 4.39 Å². The summed E-state index contributed by atoms with van der Waals surface area (Å²) in [5.74, 6) is 0.383. The van der Waals surface area contributed by atoms with Gasteiger partial charge in [0.05, 0.1) is 6.42 Å². The number of piperidine rings is 1. The number of imidazole rings is 1. The van der Waals surface area contributed by atoms with Gasteiger partial charge in [-0.25, -0.2) is 9.37 Å². The molecule has 6 heteroatoms. The zero-order valence-corrected chi connectivity index (χ0v) is 14.7. The number of carbonyl (C=O) groups is 1. The van der Waals surface area contributed by atoms with E-state index in [2.05, 4.69) is 23.4 Å². The average molecular weight is 345 g/mol. The molecule has 2 heterocycles. The summed E-state index contributed by atoms with van der Waals surface area (Å²) in [4.78, 5) is 18.8. The van der Waals surface area contributed by atoms with Gasteiger partial charge in [0.15, 0.2) is 11.6 Å². The Kier molecular flexibility index (Phi) is 5.06. The van der Waals surface area contributed by atoms with Crippen LogP contribution in [0, 0.1) is 5.82 Å². The highest BCUT2D eigenvalue weighted by Gasteiger charge is 2.26. The molecule has 0 aliphatic carbocycles. The van der Waals surface area contributed by atoms with Crippen LogP contribution in [-0.4, -0.2) is 38.6 Å². The quantitative estimate of drug-likeness (QED) is 0.925. The lowest BCUT2D eigenvalue weighted by Crippen LogP contribution is -2.39. The standard InChI is InChI=1S/C19H24FN3O2/c1-13(2)23-10-7-21-19(23)15-5-8-22(9-6-15)18(25)12-14-3-4-17(24)16(20)11-14/h3-4,7,10-11,13,15,24H,5-6,8-9,12H2,1-2H3. The van der Waals surface area contributed by atoms with E-state index in [0.29, 0.717) is 30.6 Å². The smallest absolute Gasteiger partial charge is 0.226 e. The summed E-state index contributed by atoms with van der Waals surface area (Å²) in [6.45, 7) is 5.66. The van der Waals surface area contributed by atoms with E-state index in [1.165, 1.54) is 12.1 Å². The van der Waals surface area contributed by atoms with Crippen LogP contribution < -0.4 is 0 Å². The van der Waals surface area contributed by atoms with Crippen LogP contribution in [0.15, 0.2) is 30.6 Å². The third-order valence-electron chi connectivity index (χ3n) is 4.84. The number of carbonyl (C=O) groups excluding carboxylic acids is 1. The fourth-order valence-corrected chi connectivity index (χ4v) is 3.41. The SMILES string of the molecule is CC(C)n1ccnc1C1CCN(C(=O)Cc2ccc(O)c(F)c2)CC1. The summed E-state index contributed by atoms with van der Waals surface area (Å²) >= 11 is 0. The van der Waals surface area contributed by atoms with Gasteiger partial charge in [-0.3, -0.25) is 4.79 Å². The maximum absolute atomic E-state index is 13.4. The van der Waals surface area contributed by atoms with E-state index in [0.717, 1.165) is 18.7 Å². The molecule has 25 heavy (non-hydrogen) atoms. The molecule has 1 aromatic carbocycles. The molecular formula is C19H24FN3O2. The minimum atomic E-state index is -0.690. The molecule has 5 nitrogen and oxygen atoms in total. The number of aromatic hydroxyl groups is 1. The second-order valence-corrected chi connectivity index (χ2v) is 6.90. The first kappa shape index (κ1) is 17.5. The predicted octanol–water partition coefficient (Wildman–Crippen LogP) is 3.26. The summed E-state index contributed by atoms with van der Waals surface area (Å²) in [7, 11) is 0. The number of halogens is 1. The predicted molar refractivity (Wildman–Crippen MR) is 92.9 cm³/mol. The van der Waals surface area contributed by atoms with Crippen molar-refractivity contribution in [1.82, 2.24) is 14.5 Å². The molecule has 1 aliphatic rings. The summed E-state index contributed by atoms with van der Waals surface area (Å²) < 4.78 is 15.6. The van der Waals surface area contributed by atoms with Crippen molar-refractivity contribution in [3.8, 4) is 5.75 Å². The van der Waals surface area contributed by atoms with Crippen molar-refractivity contribution >= 4 is 5.91 Å². The number of nitrogens with zero attached hydrogens (tertiary/aromatic N) is 3. The van der Waals surface area contributed by atoms with Crippen molar-refractivity contribution in [1.29, 1.82) is 0 Å². The van der Waals surface area contributed by atoms with Gasteiger partial charge in [-0.2, -0.15) is 0 Å². The number of hydrogen-bond acceptors (Lipinski definition) is 3. The molecule has 0 bridgehead atoms. The van der Waals surface area contributed by atoms with Crippen molar-refractivity contribution in [2.45, 2.75) is 45.1 Å². The van der Waals surface area contributed by atoms with Crippen molar-refractivity contribution in [3.63, 3.8) is 0 Å². The summed E-state index contributed by atoms with van der Waals surface area (Å²) in [6.07, 6.45) is 5.78. The molecule has 1 fully saturated rings. The Hall–Kier alpha value is -2.37. The highest BCUT2D eigenvalue weighted by atomic mass is 19.1. The fraction of sp³-hybridized carbons (Fsp3) is 0.474. The van der Waals surface area contributed by atoms with Gasteiger partial charge in [-0.15, -0.1) is 0 Å². The zero-order valence-electron chi connectivity index (χ0n) is 14.7. The molecular weight excluding hydrogens is 321 g/mol. The van der Waals surface area contributed by atoms with Gasteiger partial charge in [0.2, 0.25) is 5.91 Å². The summed E-state index contributed by atoms with van der Waals surface area (Å²) in [5.41, 5.74) is 0.581. The summed E-state index contributed by atoms with van der Waals surface area (Å²) in [5, 5.41) is 9.23. The number of likely N-dealkylation sites (tertiary alicyclic amines) is 1. The first-order valence-electron chi connectivity index (χ1n) is 8.73. The third-order valence-corrected chi connectivity index (χ3v) is 4.84. The minimum Gasteiger partial charge on any atom is -0.505 e. The van der Waals surface area contributed by atoms with Gasteiger partial charge < -0.3 is 14.6 Å². The van der Waals surface area contributed by atoms with Crippen LogP contribution in [-0.2, 0) is 11.2 Å². The number of rotatable bonds is 4. The number of phenols is 1. The first-order valence-corrected chi connectivity index (χ1v) is 8.73. The van der Waals surface area contributed by atoms with Gasteiger partial charge in [-0.1, -0.05) is 6.07 Å². The highest BCUT2D eigenvalue weighted by Crippen LogP contribution is 2.29. The minimum absolute atomic E-state index is 0.00394.